The summed E-state index contributed by atoms with van der Waals surface area (Å²) in [5.41, 5.74) is 11.6. The summed E-state index contributed by atoms with van der Waals surface area (Å²) in [6, 6.07) is 18.6. The van der Waals surface area contributed by atoms with Crippen LogP contribution in [0.3, 0.4) is 0 Å². The van der Waals surface area contributed by atoms with E-state index < -0.39 is 5.91 Å². The van der Waals surface area contributed by atoms with Gasteiger partial charge in [-0.1, -0.05) is 36.4 Å². The number of fused-ring (bicyclic) bond motifs is 1. The molecule has 3 rings (SSSR count). The highest BCUT2D eigenvalue weighted by Crippen LogP contribution is 2.31. The summed E-state index contributed by atoms with van der Waals surface area (Å²) >= 11 is 0. The number of primary amides is 1. The second-order valence-corrected chi connectivity index (χ2v) is 4.69. The van der Waals surface area contributed by atoms with E-state index in [4.69, 9.17) is 16.2 Å². The quantitative estimate of drug-likeness (QED) is 0.721. The standard InChI is InChI=1S/C17H14N2O2/c18-15-9-8-12(10-14(15)17(19)20)21-16-7-3-5-11-4-1-2-6-13(11)16/h1-10H,18H2,(H2,19,20). The number of nitrogen functional groups attached to an aromatic ring is 1. The Bertz CT molecular complexity index is 823. The fourth-order valence-electron chi connectivity index (χ4n) is 2.22. The lowest BCUT2D eigenvalue weighted by atomic mass is 10.1. The van der Waals surface area contributed by atoms with E-state index in [0.717, 1.165) is 10.8 Å². The van der Waals surface area contributed by atoms with Gasteiger partial charge >= 0.3 is 0 Å². The molecule has 0 radical (unpaired) electrons. The van der Waals surface area contributed by atoms with Gasteiger partial charge in [-0.05, 0) is 29.7 Å². The molecule has 0 bridgehead atoms. The molecule has 21 heavy (non-hydrogen) atoms. The molecule has 0 heterocycles. The van der Waals surface area contributed by atoms with Crippen LogP contribution in [0.1, 0.15) is 10.4 Å². The van der Waals surface area contributed by atoms with Crippen molar-refractivity contribution in [3.05, 3.63) is 66.2 Å². The fourth-order valence-corrected chi connectivity index (χ4v) is 2.22. The molecule has 0 aliphatic carbocycles. The lowest BCUT2D eigenvalue weighted by molar-refractivity contribution is 0.100. The first-order valence-corrected chi connectivity index (χ1v) is 6.50. The highest BCUT2D eigenvalue weighted by Gasteiger charge is 2.09. The molecule has 0 unspecified atom stereocenters. The Morgan fingerprint density at radius 1 is 0.952 bits per heavy atom. The molecule has 0 saturated carbocycles. The minimum atomic E-state index is -0.573. The number of carbonyl (C=O) groups is 1. The van der Waals surface area contributed by atoms with E-state index in [0.29, 0.717) is 17.2 Å². The lowest BCUT2D eigenvalue weighted by Crippen LogP contribution is -2.13. The van der Waals surface area contributed by atoms with Gasteiger partial charge in [0.25, 0.3) is 5.91 Å². The first-order valence-electron chi connectivity index (χ1n) is 6.50. The van der Waals surface area contributed by atoms with Gasteiger partial charge in [-0.25, -0.2) is 0 Å². The van der Waals surface area contributed by atoms with Gasteiger partial charge in [0.15, 0.2) is 0 Å². The number of rotatable bonds is 3. The molecule has 0 fully saturated rings. The van der Waals surface area contributed by atoms with E-state index in [1.807, 2.05) is 42.5 Å². The van der Waals surface area contributed by atoms with Gasteiger partial charge in [-0.15, -0.1) is 0 Å². The molecule has 0 spiro atoms. The average molecular weight is 278 g/mol. The van der Waals surface area contributed by atoms with Crippen molar-refractivity contribution in [3.63, 3.8) is 0 Å². The minimum absolute atomic E-state index is 0.257. The number of hydrogen-bond donors (Lipinski definition) is 2. The molecule has 104 valence electrons. The molecule has 1 amide bonds. The molecule has 0 aromatic heterocycles. The zero-order chi connectivity index (χ0) is 14.8. The number of carbonyl (C=O) groups excluding carboxylic acids is 1. The molecule has 4 nitrogen and oxygen atoms in total. The summed E-state index contributed by atoms with van der Waals surface area (Å²) < 4.78 is 5.87. The Hall–Kier alpha value is -3.01. The van der Waals surface area contributed by atoms with Gasteiger partial charge in [0.2, 0.25) is 0 Å². The van der Waals surface area contributed by atoms with E-state index in [2.05, 4.69) is 0 Å². The lowest BCUT2D eigenvalue weighted by Gasteiger charge is -2.10. The average Bonchev–Trinajstić information content (AvgIpc) is 2.49. The molecular formula is C17H14N2O2. The Balaban J connectivity index is 2.03. The van der Waals surface area contributed by atoms with E-state index in [-0.39, 0.29) is 5.56 Å². The van der Waals surface area contributed by atoms with Gasteiger partial charge in [0.1, 0.15) is 11.5 Å². The maximum atomic E-state index is 11.3. The third kappa shape index (κ3) is 2.51. The largest absolute Gasteiger partial charge is 0.457 e. The van der Waals surface area contributed by atoms with Crippen LogP contribution in [-0.4, -0.2) is 5.91 Å². The molecule has 0 atom stereocenters. The van der Waals surface area contributed by atoms with Crippen molar-refractivity contribution < 1.29 is 9.53 Å². The van der Waals surface area contributed by atoms with E-state index in [1.54, 1.807) is 18.2 Å². The predicted octanol–water partition coefficient (Wildman–Crippen LogP) is 3.31. The van der Waals surface area contributed by atoms with Crippen LogP contribution in [0.25, 0.3) is 10.8 Å². The van der Waals surface area contributed by atoms with E-state index in [1.165, 1.54) is 0 Å². The minimum Gasteiger partial charge on any atom is -0.457 e. The van der Waals surface area contributed by atoms with Crippen LogP contribution in [0.15, 0.2) is 60.7 Å². The third-order valence-corrected chi connectivity index (χ3v) is 3.27. The number of anilines is 1. The second kappa shape index (κ2) is 5.17. The van der Waals surface area contributed by atoms with Crippen LogP contribution >= 0.6 is 0 Å². The Labute approximate surface area is 121 Å². The zero-order valence-corrected chi connectivity index (χ0v) is 11.2. The predicted molar refractivity (Wildman–Crippen MR) is 83.4 cm³/mol. The smallest absolute Gasteiger partial charge is 0.250 e. The molecule has 0 saturated heterocycles. The Morgan fingerprint density at radius 2 is 1.71 bits per heavy atom. The van der Waals surface area contributed by atoms with Crippen LogP contribution in [-0.2, 0) is 0 Å². The summed E-state index contributed by atoms with van der Waals surface area (Å²) in [6.07, 6.45) is 0. The summed E-state index contributed by atoms with van der Waals surface area (Å²) in [7, 11) is 0. The molecule has 4 N–H and O–H groups in total. The van der Waals surface area contributed by atoms with E-state index >= 15 is 0 Å². The summed E-state index contributed by atoms with van der Waals surface area (Å²) in [4.78, 5) is 11.3. The van der Waals surface area contributed by atoms with Crippen LogP contribution in [0.2, 0.25) is 0 Å². The molecule has 0 aliphatic rings. The van der Waals surface area contributed by atoms with Gasteiger partial charge < -0.3 is 16.2 Å². The SMILES string of the molecule is NC(=O)c1cc(Oc2cccc3ccccc23)ccc1N. The van der Waals surface area contributed by atoms with Crippen molar-refractivity contribution in [3.8, 4) is 11.5 Å². The van der Waals surface area contributed by atoms with E-state index in [9.17, 15) is 4.79 Å². The highest BCUT2D eigenvalue weighted by atomic mass is 16.5. The highest BCUT2D eigenvalue weighted by molar-refractivity contribution is 5.98. The molecule has 4 heteroatoms. The van der Waals surface area contributed by atoms with Gasteiger partial charge in [0.05, 0.1) is 5.56 Å². The summed E-state index contributed by atoms with van der Waals surface area (Å²) in [6.45, 7) is 0. The van der Waals surface area contributed by atoms with Gasteiger partial charge in [0, 0.05) is 11.1 Å². The van der Waals surface area contributed by atoms with Crippen LogP contribution in [0.5, 0.6) is 11.5 Å². The summed E-state index contributed by atoms with van der Waals surface area (Å²) in [5.74, 6) is 0.665. The maximum absolute atomic E-state index is 11.3. The first kappa shape index (κ1) is 13.0. The van der Waals surface area contributed by atoms with Gasteiger partial charge in [-0.2, -0.15) is 0 Å². The van der Waals surface area contributed by atoms with Crippen molar-refractivity contribution in [2.75, 3.05) is 5.73 Å². The Kier molecular flexibility index (Phi) is 3.20. The zero-order valence-electron chi connectivity index (χ0n) is 11.2. The number of benzene rings is 3. The number of amides is 1. The van der Waals surface area contributed by atoms with Crippen molar-refractivity contribution in [1.29, 1.82) is 0 Å². The van der Waals surface area contributed by atoms with Crippen molar-refractivity contribution in [2.45, 2.75) is 0 Å². The monoisotopic (exact) mass is 278 g/mol. The van der Waals surface area contributed by atoms with Crippen molar-refractivity contribution >= 4 is 22.4 Å². The first-order chi connectivity index (χ1) is 10.1. The van der Waals surface area contributed by atoms with Crippen molar-refractivity contribution in [2.24, 2.45) is 5.73 Å². The van der Waals surface area contributed by atoms with Crippen molar-refractivity contribution in [1.82, 2.24) is 0 Å². The third-order valence-electron chi connectivity index (χ3n) is 3.27. The van der Waals surface area contributed by atoms with Crippen LogP contribution in [0.4, 0.5) is 5.69 Å². The van der Waals surface area contributed by atoms with Gasteiger partial charge in [-0.3, -0.25) is 4.79 Å². The molecule has 3 aromatic rings. The maximum Gasteiger partial charge on any atom is 0.250 e. The number of hydrogen-bond acceptors (Lipinski definition) is 3. The number of nitrogens with two attached hydrogens (primary N) is 2. The van der Waals surface area contributed by atoms with Crippen LogP contribution in [0, 0.1) is 0 Å². The van der Waals surface area contributed by atoms with Crippen LogP contribution < -0.4 is 16.2 Å². The molecule has 0 aliphatic heterocycles. The summed E-state index contributed by atoms with van der Waals surface area (Å²) in [5, 5.41) is 2.08. The molecule has 3 aromatic carbocycles. The second-order valence-electron chi connectivity index (χ2n) is 4.69. The Morgan fingerprint density at radius 3 is 2.52 bits per heavy atom. The fraction of sp³-hybridized carbons (Fsp3) is 0. The number of ether oxygens (including phenoxy) is 1. The normalized spacial score (nSPS) is 10.5. The molecular weight excluding hydrogens is 264 g/mol. The topological polar surface area (TPSA) is 78.3 Å².